The number of carbonyl (C=O) groups excluding carboxylic acids is 1. The second-order valence-electron chi connectivity index (χ2n) is 3.95. The molecular formula is C10H20N2O4. The van der Waals surface area contributed by atoms with Crippen molar-refractivity contribution >= 4 is 12.0 Å². The summed E-state index contributed by atoms with van der Waals surface area (Å²) in [4.78, 5) is 21.4. The Balaban J connectivity index is 3.68. The Hall–Kier alpha value is -1.30. The summed E-state index contributed by atoms with van der Waals surface area (Å²) in [6.07, 6.45) is -0.0811. The molecule has 0 rings (SSSR count). The van der Waals surface area contributed by atoms with Gasteiger partial charge in [-0.25, -0.2) is 4.79 Å². The summed E-state index contributed by atoms with van der Waals surface area (Å²) in [5, 5.41) is 13.4. The number of amides is 2. The number of rotatable bonds is 7. The molecule has 0 saturated carbocycles. The lowest BCUT2D eigenvalue weighted by molar-refractivity contribution is -0.136. The third kappa shape index (κ3) is 8.05. The normalized spacial score (nSPS) is 10.9. The molecule has 0 saturated heterocycles. The topological polar surface area (TPSA) is 87.7 Å². The Morgan fingerprint density at radius 2 is 1.94 bits per heavy atom. The first-order valence-electron chi connectivity index (χ1n) is 5.25. The van der Waals surface area contributed by atoms with Gasteiger partial charge in [0.25, 0.3) is 0 Å². The third-order valence-corrected chi connectivity index (χ3v) is 1.83. The van der Waals surface area contributed by atoms with Crippen LogP contribution in [-0.2, 0) is 9.53 Å². The van der Waals surface area contributed by atoms with Crippen LogP contribution in [0.3, 0.4) is 0 Å². The van der Waals surface area contributed by atoms with Crippen molar-refractivity contribution in [2.24, 2.45) is 0 Å². The van der Waals surface area contributed by atoms with Crippen LogP contribution in [0.5, 0.6) is 0 Å². The standard InChI is InChI=1S/C10H20N2O4/c1-4-16-10(2,3)7-12-9(15)11-6-5-8(13)14/h4-7H2,1-3H3,(H,13,14)(H2,11,12,15). The molecule has 6 heteroatoms. The van der Waals surface area contributed by atoms with E-state index < -0.39 is 11.6 Å². The Kier molecular flexibility index (Phi) is 6.48. The molecule has 0 aromatic carbocycles. The molecule has 0 aliphatic heterocycles. The number of nitrogens with one attached hydrogen (secondary N) is 2. The van der Waals surface area contributed by atoms with Crippen molar-refractivity contribution in [3.8, 4) is 0 Å². The molecule has 3 N–H and O–H groups in total. The number of carboxylic acids is 1. The summed E-state index contributed by atoms with van der Waals surface area (Å²) in [7, 11) is 0. The van der Waals surface area contributed by atoms with Crippen LogP contribution in [0.15, 0.2) is 0 Å². The van der Waals surface area contributed by atoms with Crippen LogP contribution in [0.1, 0.15) is 27.2 Å². The first-order valence-corrected chi connectivity index (χ1v) is 5.25. The van der Waals surface area contributed by atoms with E-state index in [0.717, 1.165) is 0 Å². The van der Waals surface area contributed by atoms with Gasteiger partial charge in [-0.1, -0.05) is 0 Å². The maximum absolute atomic E-state index is 11.2. The number of aliphatic carboxylic acids is 1. The van der Waals surface area contributed by atoms with Gasteiger partial charge in [-0.05, 0) is 20.8 Å². The van der Waals surface area contributed by atoms with Crippen LogP contribution in [0.2, 0.25) is 0 Å². The highest BCUT2D eigenvalue weighted by Gasteiger charge is 2.18. The second kappa shape index (κ2) is 7.05. The van der Waals surface area contributed by atoms with Crippen molar-refractivity contribution in [2.45, 2.75) is 32.8 Å². The minimum absolute atomic E-state index is 0.0811. The maximum Gasteiger partial charge on any atom is 0.314 e. The second-order valence-corrected chi connectivity index (χ2v) is 3.95. The van der Waals surface area contributed by atoms with Gasteiger partial charge in [-0.2, -0.15) is 0 Å². The SMILES string of the molecule is CCOC(C)(C)CNC(=O)NCCC(=O)O. The van der Waals surface area contributed by atoms with Gasteiger partial charge >= 0.3 is 12.0 Å². The van der Waals surface area contributed by atoms with Crippen LogP contribution in [0.25, 0.3) is 0 Å². The smallest absolute Gasteiger partial charge is 0.314 e. The van der Waals surface area contributed by atoms with E-state index in [1.165, 1.54) is 0 Å². The molecule has 2 amide bonds. The largest absolute Gasteiger partial charge is 0.481 e. The molecule has 0 atom stereocenters. The highest BCUT2D eigenvalue weighted by atomic mass is 16.5. The first kappa shape index (κ1) is 14.7. The maximum atomic E-state index is 11.2. The summed E-state index contributed by atoms with van der Waals surface area (Å²) < 4.78 is 5.39. The summed E-state index contributed by atoms with van der Waals surface area (Å²) in [6.45, 7) is 6.70. The zero-order valence-corrected chi connectivity index (χ0v) is 10.0. The summed E-state index contributed by atoms with van der Waals surface area (Å²) in [5.74, 6) is -0.935. The highest BCUT2D eigenvalue weighted by molar-refractivity contribution is 5.75. The van der Waals surface area contributed by atoms with Crippen molar-refractivity contribution < 1.29 is 19.4 Å². The van der Waals surface area contributed by atoms with Gasteiger partial charge in [0.15, 0.2) is 0 Å². The van der Waals surface area contributed by atoms with Gasteiger partial charge in [0.2, 0.25) is 0 Å². The number of carbonyl (C=O) groups is 2. The van der Waals surface area contributed by atoms with E-state index in [9.17, 15) is 9.59 Å². The van der Waals surface area contributed by atoms with Crippen LogP contribution < -0.4 is 10.6 Å². The van der Waals surface area contributed by atoms with E-state index in [2.05, 4.69) is 10.6 Å². The minimum Gasteiger partial charge on any atom is -0.481 e. The lowest BCUT2D eigenvalue weighted by Crippen LogP contribution is -2.45. The molecule has 0 spiro atoms. The van der Waals surface area contributed by atoms with E-state index in [0.29, 0.717) is 13.2 Å². The first-order chi connectivity index (χ1) is 7.37. The fourth-order valence-corrected chi connectivity index (χ4v) is 1.08. The van der Waals surface area contributed by atoms with Gasteiger partial charge in [-0.15, -0.1) is 0 Å². The molecule has 0 fully saturated rings. The molecule has 0 heterocycles. The van der Waals surface area contributed by atoms with Gasteiger partial charge in [-0.3, -0.25) is 4.79 Å². The Morgan fingerprint density at radius 3 is 2.44 bits per heavy atom. The molecule has 0 unspecified atom stereocenters. The van der Waals surface area contributed by atoms with E-state index in [1.807, 2.05) is 20.8 Å². The molecule has 0 aromatic rings. The van der Waals surface area contributed by atoms with Crippen LogP contribution in [0.4, 0.5) is 4.79 Å². The monoisotopic (exact) mass is 232 g/mol. The van der Waals surface area contributed by atoms with E-state index in [1.54, 1.807) is 0 Å². The fourth-order valence-electron chi connectivity index (χ4n) is 1.08. The summed E-state index contributed by atoms with van der Waals surface area (Å²) >= 11 is 0. The summed E-state index contributed by atoms with van der Waals surface area (Å²) in [5.41, 5.74) is -0.418. The molecule has 0 aliphatic carbocycles. The zero-order chi connectivity index (χ0) is 12.6. The van der Waals surface area contributed by atoms with Crippen molar-refractivity contribution in [1.29, 1.82) is 0 Å². The lowest BCUT2D eigenvalue weighted by atomic mass is 10.1. The van der Waals surface area contributed by atoms with Crippen molar-refractivity contribution in [2.75, 3.05) is 19.7 Å². The number of hydrogen-bond acceptors (Lipinski definition) is 3. The molecule has 0 bridgehead atoms. The number of ether oxygens (including phenoxy) is 1. The molecule has 0 aromatic heterocycles. The molecule has 0 radical (unpaired) electrons. The van der Waals surface area contributed by atoms with Crippen LogP contribution in [-0.4, -0.2) is 42.4 Å². The van der Waals surface area contributed by atoms with E-state index in [4.69, 9.17) is 9.84 Å². The zero-order valence-electron chi connectivity index (χ0n) is 10.0. The average molecular weight is 232 g/mol. The van der Waals surface area contributed by atoms with Gasteiger partial charge in [0, 0.05) is 19.7 Å². The predicted octanol–water partition coefficient (Wildman–Crippen LogP) is 0.575. The molecule has 94 valence electrons. The van der Waals surface area contributed by atoms with E-state index in [-0.39, 0.29) is 19.0 Å². The fraction of sp³-hybridized carbons (Fsp3) is 0.800. The quantitative estimate of drug-likeness (QED) is 0.599. The molecule has 0 aliphatic rings. The van der Waals surface area contributed by atoms with Gasteiger partial charge < -0.3 is 20.5 Å². The van der Waals surface area contributed by atoms with Crippen LogP contribution >= 0.6 is 0 Å². The van der Waals surface area contributed by atoms with Gasteiger partial charge in [0.1, 0.15) is 0 Å². The van der Waals surface area contributed by atoms with Crippen LogP contribution in [0, 0.1) is 0 Å². The minimum atomic E-state index is -0.935. The average Bonchev–Trinajstić information content (AvgIpc) is 2.14. The van der Waals surface area contributed by atoms with Gasteiger partial charge in [0.05, 0.1) is 12.0 Å². The lowest BCUT2D eigenvalue weighted by Gasteiger charge is -2.24. The predicted molar refractivity (Wildman–Crippen MR) is 59.4 cm³/mol. The molecule has 6 nitrogen and oxygen atoms in total. The highest BCUT2D eigenvalue weighted by Crippen LogP contribution is 2.06. The molecular weight excluding hydrogens is 212 g/mol. The number of carboxylic acid groups (broad SMARTS) is 1. The third-order valence-electron chi connectivity index (χ3n) is 1.83. The van der Waals surface area contributed by atoms with E-state index >= 15 is 0 Å². The molecule has 16 heavy (non-hydrogen) atoms. The Labute approximate surface area is 95.4 Å². The van der Waals surface area contributed by atoms with Crippen molar-refractivity contribution in [1.82, 2.24) is 10.6 Å². The van der Waals surface area contributed by atoms with Crippen molar-refractivity contribution in [3.05, 3.63) is 0 Å². The number of urea groups is 1. The number of hydrogen-bond donors (Lipinski definition) is 3. The Bertz CT molecular complexity index is 241. The van der Waals surface area contributed by atoms with Crippen molar-refractivity contribution in [3.63, 3.8) is 0 Å². The summed E-state index contributed by atoms with van der Waals surface area (Å²) in [6, 6.07) is -0.381. The Morgan fingerprint density at radius 1 is 1.31 bits per heavy atom.